The Hall–Kier alpha value is -2.30. The normalized spacial score (nSPS) is 23.5. The molecule has 4 rings (SSSR count). The van der Waals surface area contributed by atoms with Crippen LogP contribution in [0.1, 0.15) is 40.5 Å². The number of hydrogen-bond donors (Lipinski definition) is 0. The fourth-order valence-corrected chi connectivity index (χ4v) is 3.37. The number of hydrogen-bond acceptors (Lipinski definition) is 4. The number of carbonyl (C=O) groups excluding carboxylic acids is 1. The van der Waals surface area contributed by atoms with Crippen molar-refractivity contribution in [1.29, 1.82) is 0 Å². The molecule has 0 saturated carbocycles. The Morgan fingerprint density at radius 2 is 2.20 bits per heavy atom. The molecule has 2 aromatic heterocycles. The Morgan fingerprint density at radius 3 is 3.05 bits per heavy atom. The van der Waals surface area contributed by atoms with Gasteiger partial charge in [0.15, 0.2) is 0 Å². The summed E-state index contributed by atoms with van der Waals surface area (Å²) in [6, 6.07) is 4.01. The molecule has 100 valence electrons. The van der Waals surface area contributed by atoms with Crippen molar-refractivity contribution in [1.82, 2.24) is 19.9 Å². The van der Waals surface area contributed by atoms with Gasteiger partial charge in [0.1, 0.15) is 6.33 Å². The molecule has 5 nitrogen and oxygen atoms in total. The molecular formula is C15H14N4O. The zero-order chi connectivity index (χ0) is 13.5. The standard InChI is InChI=1S/C15H14N4O/c20-15(10-2-1-5-16-7-10)19-11-3-4-14(19)12-8-17-9-18-13(12)6-11/h1-2,5,7-9,11,14H,3-4,6H2. The third-order valence-corrected chi connectivity index (χ3v) is 4.26. The highest BCUT2D eigenvalue weighted by atomic mass is 16.2. The van der Waals surface area contributed by atoms with Gasteiger partial charge in [-0.05, 0) is 25.0 Å². The first-order chi connectivity index (χ1) is 9.84. The van der Waals surface area contributed by atoms with Gasteiger partial charge in [0.25, 0.3) is 5.91 Å². The maximum atomic E-state index is 12.7. The van der Waals surface area contributed by atoms with Gasteiger partial charge in [-0.25, -0.2) is 9.97 Å². The Kier molecular flexibility index (Phi) is 2.52. The summed E-state index contributed by atoms with van der Waals surface area (Å²) < 4.78 is 0. The van der Waals surface area contributed by atoms with Gasteiger partial charge in [-0.3, -0.25) is 9.78 Å². The molecule has 1 saturated heterocycles. The van der Waals surface area contributed by atoms with Crippen molar-refractivity contribution in [3.8, 4) is 0 Å². The maximum Gasteiger partial charge on any atom is 0.256 e. The van der Waals surface area contributed by atoms with Crippen molar-refractivity contribution in [2.24, 2.45) is 0 Å². The summed E-state index contributed by atoms with van der Waals surface area (Å²) in [5.41, 5.74) is 2.87. The van der Waals surface area contributed by atoms with Crippen LogP contribution in [0.25, 0.3) is 0 Å². The lowest BCUT2D eigenvalue weighted by Gasteiger charge is -2.35. The molecule has 1 fully saturated rings. The lowest BCUT2D eigenvalue weighted by Crippen LogP contribution is -2.42. The molecule has 2 unspecified atom stereocenters. The summed E-state index contributed by atoms with van der Waals surface area (Å²) in [6.45, 7) is 0. The highest BCUT2D eigenvalue weighted by Gasteiger charge is 2.43. The molecule has 0 aromatic carbocycles. The topological polar surface area (TPSA) is 59.0 Å². The number of aromatic nitrogens is 3. The molecule has 0 spiro atoms. The summed E-state index contributed by atoms with van der Waals surface area (Å²) in [7, 11) is 0. The maximum absolute atomic E-state index is 12.7. The van der Waals surface area contributed by atoms with Crippen molar-refractivity contribution in [2.75, 3.05) is 0 Å². The lowest BCUT2D eigenvalue weighted by molar-refractivity contribution is 0.0643. The zero-order valence-corrected chi connectivity index (χ0v) is 10.9. The molecule has 2 aliphatic heterocycles. The minimum absolute atomic E-state index is 0.0695. The molecule has 5 heteroatoms. The number of amides is 1. The molecule has 4 heterocycles. The molecule has 2 aliphatic rings. The summed E-state index contributed by atoms with van der Waals surface area (Å²) in [5, 5.41) is 0. The van der Waals surface area contributed by atoms with E-state index in [-0.39, 0.29) is 18.0 Å². The summed E-state index contributed by atoms with van der Waals surface area (Å²) in [5.74, 6) is 0.0695. The zero-order valence-electron chi connectivity index (χ0n) is 10.9. The third kappa shape index (κ3) is 1.62. The number of fused-ring (bicyclic) bond motifs is 4. The van der Waals surface area contributed by atoms with Gasteiger partial charge in [-0.2, -0.15) is 0 Å². The van der Waals surface area contributed by atoms with Crippen LogP contribution in [-0.2, 0) is 6.42 Å². The van der Waals surface area contributed by atoms with Gasteiger partial charge in [0.2, 0.25) is 0 Å². The molecule has 0 aliphatic carbocycles. The second kappa shape index (κ2) is 4.37. The predicted molar refractivity (Wildman–Crippen MR) is 71.9 cm³/mol. The van der Waals surface area contributed by atoms with Crippen LogP contribution >= 0.6 is 0 Å². The summed E-state index contributed by atoms with van der Waals surface area (Å²) in [6.07, 6.45) is 9.64. The van der Waals surface area contributed by atoms with E-state index in [1.54, 1.807) is 24.8 Å². The molecule has 2 aromatic rings. The van der Waals surface area contributed by atoms with Crippen LogP contribution in [-0.4, -0.2) is 31.8 Å². The fraction of sp³-hybridized carbons (Fsp3) is 0.333. The Balaban J connectivity index is 1.73. The molecule has 0 radical (unpaired) electrons. The first kappa shape index (κ1) is 11.5. The van der Waals surface area contributed by atoms with E-state index in [1.807, 2.05) is 17.2 Å². The predicted octanol–water partition coefficient (Wildman–Crippen LogP) is 1.77. The van der Waals surface area contributed by atoms with Gasteiger partial charge < -0.3 is 4.90 Å². The van der Waals surface area contributed by atoms with E-state index >= 15 is 0 Å². The van der Waals surface area contributed by atoms with E-state index in [2.05, 4.69) is 15.0 Å². The molecule has 0 N–H and O–H groups in total. The number of pyridine rings is 1. The van der Waals surface area contributed by atoms with E-state index in [1.165, 1.54) is 0 Å². The van der Waals surface area contributed by atoms with Crippen LogP contribution < -0.4 is 0 Å². The third-order valence-electron chi connectivity index (χ3n) is 4.26. The SMILES string of the molecule is O=C(c1cccnc1)N1C2CCC1c1cncnc1C2. The minimum Gasteiger partial charge on any atom is -0.328 e. The van der Waals surface area contributed by atoms with E-state index in [9.17, 15) is 4.79 Å². The van der Waals surface area contributed by atoms with Crippen LogP contribution in [0, 0.1) is 0 Å². The van der Waals surface area contributed by atoms with Gasteiger partial charge in [-0.15, -0.1) is 0 Å². The first-order valence-corrected chi connectivity index (χ1v) is 6.86. The van der Waals surface area contributed by atoms with E-state index in [4.69, 9.17) is 0 Å². The molecular weight excluding hydrogens is 252 g/mol. The van der Waals surface area contributed by atoms with Crippen LogP contribution in [0.4, 0.5) is 0 Å². The second-order valence-corrected chi connectivity index (χ2v) is 5.33. The highest BCUT2D eigenvalue weighted by molar-refractivity contribution is 5.94. The quantitative estimate of drug-likeness (QED) is 0.789. The van der Waals surface area contributed by atoms with Gasteiger partial charge in [0, 0.05) is 36.6 Å². The van der Waals surface area contributed by atoms with Gasteiger partial charge >= 0.3 is 0 Å². The first-order valence-electron chi connectivity index (χ1n) is 6.86. The highest BCUT2D eigenvalue weighted by Crippen LogP contribution is 2.43. The Labute approximate surface area is 116 Å². The average molecular weight is 266 g/mol. The number of carbonyl (C=O) groups is 1. The van der Waals surface area contributed by atoms with E-state index in [0.717, 1.165) is 30.5 Å². The number of nitrogens with zero attached hydrogens (tertiary/aromatic N) is 4. The monoisotopic (exact) mass is 266 g/mol. The van der Waals surface area contributed by atoms with Crippen LogP contribution in [0.3, 0.4) is 0 Å². The number of rotatable bonds is 1. The fourth-order valence-electron chi connectivity index (χ4n) is 3.37. The van der Waals surface area contributed by atoms with Crippen LogP contribution in [0.15, 0.2) is 37.1 Å². The van der Waals surface area contributed by atoms with Crippen molar-refractivity contribution in [3.63, 3.8) is 0 Å². The molecule has 1 amide bonds. The average Bonchev–Trinajstić information content (AvgIpc) is 2.82. The Morgan fingerprint density at radius 1 is 1.25 bits per heavy atom. The summed E-state index contributed by atoms with van der Waals surface area (Å²) >= 11 is 0. The molecule has 2 bridgehead atoms. The van der Waals surface area contributed by atoms with Crippen molar-refractivity contribution < 1.29 is 4.79 Å². The van der Waals surface area contributed by atoms with Gasteiger partial charge in [0.05, 0.1) is 17.3 Å². The van der Waals surface area contributed by atoms with Crippen LogP contribution in [0.5, 0.6) is 0 Å². The van der Waals surface area contributed by atoms with Crippen molar-refractivity contribution >= 4 is 5.91 Å². The van der Waals surface area contributed by atoms with Gasteiger partial charge in [-0.1, -0.05) is 0 Å². The minimum atomic E-state index is 0.0695. The lowest BCUT2D eigenvalue weighted by atomic mass is 9.98. The summed E-state index contributed by atoms with van der Waals surface area (Å²) in [4.78, 5) is 27.2. The molecule has 20 heavy (non-hydrogen) atoms. The van der Waals surface area contributed by atoms with E-state index < -0.39 is 0 Å². The largest absolute Gasteiger partial charge is 0.328 e. The Bertz CT molecular complexity index is 658. The van der Waals surface area contributed by atoms with Crippen LogP contribution in [0.2, 0.25) is 0 Å². The van der Waals surface area contributed by atoms with E-state index in [0.29, 0.717) is 5.56 Å². The van der Waals surface area contributed by atoms with Crippen molar-refractivity contribution in [3.05, 3.63) is 53.9 Å². The molecule has 2 atom stereocenters. The van der Waals surface area contributed by atoms with Crippen molar-refractivity contribution in [2.45, 2.75) is 31.3 Å². The smallest absolute Gasteiger partial charge is 0.256 e. The second-order valence-electron chi connectivity index (χ2n) is 5.33.